The van der Waals surface area contributed by atoms with Crippen molar-refractivity contribution in [2.24, 2.45) is 10.2 Å². The van der Waals surface area contributed by atoms with Gasteiger partial charge in [0.15, 0.2) is 0 Å². The van der Waals surface area contributed by atoms with Crippen LogP contribution in [-0.4, -0.2) is 36.3 Å². The Kier molecular flexibility index (Phi) is 10.6. The molecule has 180 valence electrons. The summed E-state index contributed by atoms with van der Waals surface area (Å²) in [5.74, 6) is 1.64. The van der Waals surface area contributed by atoms with Crippen LogP contribution in [0.4, 0.5) is 11.4 Å². The molecule has 0 aromatic heterocycles. The molecule has 6 nitrogen and oxygen atoms in total. The molecular formula is C28H35N3O3. The second kappa shape index (κ2) is 14.1. The van der Waals surface area contributed by atoms with Gasteiger partial charge in [-0.1, -0.05) is 44.5 Å². The molecule has 0 bridgehead atoms. The van der Waals surface area contributed by atoms with E-state index in [2.05, 4.69) is 53.2 Å². The van der Waals surface area contributed by atoms with Gasteiger partial charge in [0, 0.05) is 13.1 Å². The molecule has 0 saturated carbocycles. The SMILES string of the molecule is CCCCOc1ccc(N=Nc2ccc(OCc3ccc(CN(CC)CCO)cc3)cc2)cc1. The van der Waals surface area contributed by atoms with Crippen molar-refractivity contribution < 1.29 is 14.6 Å². The molecule has 0 saturated heterocycles. The zero-order valence-electron chi connectivity index (χ0n) is 20.2. The molecule has 3 aromatic rings. The maximum Gasteiger partial charge on any atom is 0.119 e. The van der Waals surface area contributed by atoms with E-state index in [0.29, 0.717) is 13.2 Å². The van der Waals surface area contributed by atoms with Gasteiger partial charge in [-0.25, -0.2) is 0 Å². The Morgan fingerprint density at radius 2 is 1.29 bits per heavy atom. The molecule has 0 radical (unpaired) electrons. The summed E-state index contributed by atoms with van der Waals surface area (Å²) in [6.45, 7) is 8.12. The van der Waals surface area contributed by atoms with Crippen molar-refractivity contribution in [3.63, 3.8) is 0 Å². The van der Waals surface area contributed by atoms with E-state index in [-0.39, 0.29) is 6.61 Å². The average molecular weight is 462 g/mol. The summed E-state index contributed by atoms with van der Waals surface area (Å²) < 4.78 is 11.6. The molecule has 0 amide bonds. The van der Waals surface area contributed by atoms with Crippen LogP contribution in [0.1, 0.15) is 37.8 Å². The fourth-order valence-corrected chi connectivity index (χ4v) is 3.32. The first kappa shape index (κ1) is 25.4. The van der Waals surface area contributed by atoms with E-state index in [9.17, 15) is 0 Å². The van der Waals surface area contributed by atoms with Gasteiger partial charge >= 0.3 is 0 Å². The molecule has 0 aliphatic heterocycles. The van der Waals surface area contributed by atoms with Gasteiger partial charge in [0.25, 0.3) is 0 Å². The van der Waals surface area contributed by atoms with E-state index in [1.54, 1.807) is 0 Å². The number of nitrogens with zero attached hydrogens (tertiary/aromatic N) is 3. The summed E-state index contributed by atoms with van der Waals surface area (Å²) in [6, 6.07) is 23.6. The van der Waals surface area contributed by atoms with Crippen LogP contribution in [-0.2, 0) is 13.2 Å². The van der Waals surface area contributed by atoms with E-state index < -0.39 is 0 Å². The summed E-state index contributed by atoms with van der Waals surface area (Å²) in [4.78, 5) is 2.21. The zero-order valence-corrected chi connectivity index (χ0v) is 20.2. The first-order valence-electron chi connectivity index (χ1n) is 12.0. The quantitative estimate of drug-likeness (QED) is 0.215. The van der Waals surface area contributed by atoms with Crippen LogP contribution < -0.4 is 9.47 Å². The topological polar surface area (TPSA) is 66.7 Å². The maximum atomic E-state index is 9.13. The van der Waals surface area contributed by atoms with Gasteiger partial charge < -0.3 is 14.6 Å². The Labute approximate surface area is 202 Å². The normalized spacial score (nSPS) is 11.3. The summed E-state index contributed by atoms with van der Waals surface area (Å²) in [7, 11) is 0. The third-order valence-electron chi connectivity index (χ3n) is 5.42. The predicted octanol–water partition coefficient (Wildman–Crippen LogP) is 6.67. The van der Waals surface area contributed by atoms with Crippen LogP contribution in [0.5, 0.6) is 11.5 Å². The smallest absolute Gasteiger partial charge is 0.119 e. The van der Waals surface area contributed by atoms with Crippen molar-refractivity contribution in [2.75, 3.05) is 26.3 Å². The lowest BCUT2D eigenvalue weighted by molar-refractivity contribution is 0.197. The molecule has 34 heavy (non-hydrogen) atoms. The molecule has 0 aliphatic rings. The largest absolute Gasteiger partial charge is 0.494 e. The van der Waals surface area contributed by atoms with Crippen molar-refractivity contribution in [1.29, 1.82) is 0 Å². The third kappa shape index (κ3) is 8.61. The van der Waals surface area contributed by atoms with Gasteiger partial charge in [-0.3, -0.25) is 4.90 Å². The Bertz CT molecular complexity index is 987. The van der Waals surface area contributed by atoms with Crippen LogP contribution in [0, 0.1) is 0 Å². The van der Waals surface area contributed by atoms with Gasteiger partial charge in [-0.05, 0) is 72.6 Å². The lowest BCUT2D eigenvalue weighted by Gasteiger charge is -2.19. The van der Waals surface area contributed by atoms with Crippen LogP contribution in [0.15, 0.2) is 83.0 Å². The monoisotopic (exact) mass is 461 g/mol. The fraction of sp³-hybridized carbons (Fsp3) is 0.357. The van der Waals surface area contributed by atoms with Crippen molar-refractivity contribution in [3.8, 4) is 11.5 Å². The van der Waals surface area contributed by atoms with Crippen molar-refractivity contribution in [3.05, 3.63) is 83.9 Å². The molecule has 0 heterocycles. The number of unbranched alkanes of at least 4 members (excludes halogenated alkanes) is 1. The molecule has 3 rings (SSSR count). The fourth-order valence-electron chi connectivity index (χ4n) is 3.32. The first-order chi connectivity index (χ1) is 16.7. The Balaban J connectivity index is 1.46. The minimum atomic E-state index is 0.182. The third-order valence-corrected chi connectivity index (χ3v) is 5.42. The van der Waals surface area contributed by atoms with Crippen LogP contribution in [0.3, 0.4) is 0 Å². The summed E-state index contributed by atoms with van der Waals surface area (Å²) in [5.41, 5.74) is 3.89. The van der Waals surface area contributed by atoms with Gasteiger partial charge in [-0.15, -0.1) is 0 Å². The Morgan fingerprint density at radius 1 is 0.735 bits per heavy atom. The standard InChI is InChI=1S/C28H35N3O3/c1-3-5-20-33-27-14-10-25(11-15-27)29-30-26-12-16-28(17-13-26)34-22-24-8-6-23(7-9-24)21-31(4-2)18-19-32/h6-17,32H,3-5,18-22H2,1-2H3. The molecule has 0 atom stereocenters. The number of hydrogen-bond acceptors (Lipinski definition) is 6. The number of azo groups is 1. The highest BCUT2D eigenvalue weighted by molar-refractivity contribution is 5.44. The average Bonchev–Trinajstić information content (AvgIpc) is 2.88. The molecular weight excluding hydrogens is 426 g/mol. The maximum absolute atomic E-state index is 9.13. The summed E-state index contributed by atoms with van der Waals surface area (Å²) in [6.07, 6.45) is 2.17. The van der Waals surface area contributed by atoms with Crippen LogP contribution in [0.2, 0.25) is 0 Å². The van der Waals surface area contributed by atoms with E-state index >= 15 is 0 Å². The predicted molar refractivity (Wildman–Crippen MR) is 136 cm³/mol. The number of likely N-dealkylation sites (N-methyl/N-ethyl adjacent to an activating group) is 1. The second-order valence-corrected chi connectivity index (χ2v) is 8.09. The minimum Gasteiger partial charge on any atom is -0.494 e. The summed E-state index contributed by atoms with van der Waals surface area (Å²) >= 11 is 0. The number of aliphatic hydroxyl groups is 1. The van der Waals surface area contributed by atoms with Crippen molar-refractivity contribution in [1.82, 2.24) is 4.90 Å². The van der Waals surface area contributed by atoms with Crippen LogP contribution in [0.25, 0.3) is 0 Å². The lowest BCUT2D eigenvalue weighted by Crippen LogP contribution is -2.26. The minimum absolute atomic E-state index is 0.182. The lowest BCUT2D eigenvalue weighted by atomic mass is 10.1. The number of hydrogen-bond donors (Lipinski definition) is 1. The van der Waals surface area contributed by atoms with Crippen molar-refractivity contribution >= 4 is 11.4 Å². The highest BCUT2D eigenvalue weighted by Crippen LogP contribution is 2.23. The number of benzene rings is 3. The zero-order chi connectivity index (χ0) is 24.0. The van der Waals surface area contributed by atoms with E-state index in [1.165, 1.54) is 5.56 Å². The van der Waals surface area contributed by atoms with Crippen LogP contribution >= 0.6 is 0 Å². The molecule has 0 unspecified atom stereocenters. The van der Waals surface area contributed by atoms with E-state index in [4.69, 9.17) is 14.6 Å². The van der Waals surface area contributed by atoms with E-state index in [1.807, 2.05) is 48.5 Å². The molecule has 6 heteroatoms. The van der Waals surface area contributed by atoms with Gasteiger partial charge in [-0.2, -0.15) is 10.2 Å². The highest BCUT2D eigenvalue weighted by Gasteiger charge is 2.04. The Morgan fingerprint density at radius 3 is 1.82 bits per heavy atom. The number of ether oxygens (including phenoxy) is 2. The second-order valence-electron chi connectivity index (χ2n) is 8.09. The highest BCUT2D eigenvalue weighted by atomic mass is 16.5. The van der Waals surface area contributed by atoms with Gasteiger partial charge in [0.05, 0.1) is 24.6 Å². The summed E-state index contributed by atoms with van der Waals surface area (Å²) in [5, 5.41) is 17.7. The molecule has 0 aliphatic carbocycles. The van der Waals surface area contributed by atoms with E-state index in [0.717, 1.165) is 61.0 Å². The first-order valence-corrected chi connectivity index (χ1v) is 12.0. The molecule has 1 N–H and O–H groups in total. The molecule has 3 aromatic carbocycles. The molecule has 0 spiro atoms. The van der Waals surface area contributed by atoms with Crippen molar-refractivity contribution in [2.45, 2.75) is 39.8 Å². The Hall–Kier alpha value is -3.22. The van der Waals surface area contributed by atoms with Gasteiger partial charge in [0.1, 0.15) is 18.1 Å². The number of aliphatic hydroxyl groups excluding tert-OH is 1. The number of rotatable bonds is 14. The van der Waals surface area contributed by atoms with Gasteiger partial charge in [0.2, 0.25) is 0 Å². The molecule has 0 fully saturated rings.